The minimum atomic E-state index is -0.174. The quantitative estimate of drug-likeness (QED) is 0.847. The lowest BCUT2D eigenvalue weighted by Crippen LogP contribution is -2.49. The number of hydrogen-bond acceptors (Lipinski definition) is 2. The predicted molar refractivity (Wildman–Crippen MR) is 81.8 cm³/mol. The van der Waals surface area contributed by atoms with Crippen LogP contribution in [0.5, 0.6) is 0 Å². The molecular weight excluding hydrogens is 262 g/mol. The highest BCUT2D eigenvalue weighted by molar-refractivity contribution is 6.02. The van der Waals surface area contributed by atoms with Crippen molar-refractivity contribution < 1.29 is 9.59 Å². The summed E-state index contributed by atoms with van der Waals surface area (Å²) in [5.41, 5.74) is 2.09. The van der Waals surface area contributed by atoms with E-state index in [0.29, 0.717) is 12.3 Å². The van der Waals surface area contributed by atoms with E-state index in [1.807, 2.05) is 6.92 Å². The average Bonchev–Trinajstić information content (AvgIpc) is 2.83. The second-order valence-corrected chi connectivity index (χ2v) is 6.81. The van der Waals surface area contributed by atoms with E-state index >= 15 is 0 Å². The van der Waals surface area contributed by atoms with E-state index in [9.17, 15) is 9.59 Å². The van der Waals surface area contributed by atoms with Crippen LogP contribution in [0, 0.1) is 18.3 Å². The SMILES string of the molecule is CCC1CCC2(CC(=O)NC(=O)C2c2ccc(C)cc2)C1. The summed E-state index contributed by atoms with van der Waals surface area (Å²) in [5, 5.41) is 2.55. The molecule has 112 valence electrons. The lowest BCUT2D eigenvalue weighted by atomic mass is 9.65. The Hall–Kier alpha value is -1.64. The summed E-state index contributed by atoms with van der Waals surface area (Å²) >= 11 is 0. The molecule has 0 radical (unpaired) electrons. The van der Waals surface area contributed by atoms with Crippen molar-refractivity contribution in [2.45, 2.75) is 51.9 Å². The molecule has 1 heterocycles. The van der Waals surface area contributed by atoms with Crippen LogP contribution in [-0.4, -0.2) is 11.8 Å². The first kappa shape index (κ1) is 14.3. The fourth-order valence-electron chi connectivity index (χ4n) is 4.26. The molecule has 2 amide bonds. The van der Waals surface area contributed by atoms with Crippen molar-refractivity contribution in [1.29, 1.82) is 0 Å². The Balaban J connectivity index is 1.99. The van der Waals surface area contributed by atoms with Crippen LogP contribution in [0.2, 0.25) is 0 Å². The van der Waals surface area contributed by atoms with E-state index in [-0.39, 0.29) is 23.1 Å². The molecule has 0 aromatic heterocycles. The number of imide groups is 1. The van der Waals surface area contributed by atoms with E-state index in [1.54, 1.807) is 0 Å². The van der Waals surface area contributed by atoms with Crippen LogP contribution in [0.3, 0.4) is 0 Å². The summed E-state index contributed by atoms with van der Waals surface area (Å²) in [6.07, 6.45) is 4.76. The molecule has 1 saturated heterocycles. The third kappa shape index (κ3) is 2.50. The van der Waals surface area contributed by atoms with E-state index in [4.69, 9.17) is 0 Å². The van der Waals surface area contributed by atoms with Gasteiger partial charge < -0.3 is 0 Å². The van der Waals surface area contributed by atoms with E-state index in [0.717, 1.165) is 31.2 Å². The summed E-state index contributed by atoms with van der Waals surface area (Å²) in [6.45, 7) is 4.25. The molecule has 3 unspecified atom stereocenters. The Kier molecular flexibility index (Phi) is 3.60. The van der Waals surface area contributed by atoms with E-state index < -0.39 is 0 Å². The van der Waals surface area contributed by atoms with Crippen molar-refractivity contribution in [1.82, 2.24) is 5.32 Å². The summed E-state index contributed by atoms with van der Waals surface area (Å²) in [5.74, 6) is 0.274. The minimum Gasteiger partial charge on any atom is -0.296 e. The lowest BCUT2D eigenvalue weighted by molar-refractivity contribution is -0.140. The van der Waals surface area contributed by atoms with Gasteiger partial charge in [-0.2, -0.15) is 0 Å². The highest BCUT2D eigenvalue weighted by Crippen LogP contribution is 2.55. The van der Waals surface area contributed by atoms with Crippen LogP contribution in [0.4, 0.5) is 0 Å². The first-order valence-electron chi connectivity index (χ1n) is 7.94. The van der Waals surface area contributed by atoms with E-state index in [1.165, 1.54) is 5.56 Å². The second-order valence-electron chi connectivity index (χ2n) is 6.81. The molecule has 1 aromatic rings. The molecule has 1 N–H and O–H groups in total. The summed E-state index contributed by atoms with van der Waals surface area (Å²) in [4.78, 5) is 24.4. The molecule has 3 rings (SSSR count). The Morgan fingerprint density at radius 2 is 1.95 bits per heavy atom. The van der Waals surface area contributed by atoms with Crippen LogP contribution in [0.25, 0.3) is 0 Å². The van der Waals surface area contributed by atoms with Gasteiger partial charge in [-0.1, -0.05) is 43.2 Å². The number of nitrogens with one attached hydrogen (secondary N) is 1. The molecule has 1 aliphatic heterocycles. The summed E-state index contributed by atoms with van der Waals surface area (Å²) < 4.78 is 0. The normalized spacial score (nSPS) is 32.5. The number of carbonyl (C=O) groups excluding carboxylic acids is 2. The van der Waals surface area contributed by atoms with Crippen LogP contribution in [0.1, 0.15) is 56.1 Å². The van der Waals surface area contributed by atoms with Gasteiger partial charge in [-0.25, -0.2) is 0 Å². The Morgan fingerprint density at radius 3 is 2.57 bits per heavy atom. The van der Waals surface area contributed by atoms with Gasteiger partial charge >= 0.3 is 0 Å². The van der Waals surface area contributed by atoms with Gasteiger partial charge in [-0.05, 0) is 43.1 Å². The number of aryl methyl sites for hydroxylation is 1. The molecule has 1 spiro atoms. The first-order valence-corrected chi connectivity index (χ1v) is 7.94. The Bertz CT molecular complexity index is 563. The van der Waals surface area contributed by atoms with Gasteiger partial charge in [0, 0.05) is 6.42 Å². The molecule has 3 atom stereocenters. The Labute approximate surface area is 126 Å². The largest absolute Gasteiger partial charge is 0.296 e. The number of hydrogen-bond donors (Lipinski definition) is 1. The zero-order valence-corrected chi connectivity index (χ0v) is 12.8. The maximum Gasteiger partial charge on any atom is 0.234 e. The molecule has 0 bridgehead atoms. The van der Waals surface area contributed by atoms with Gasteiger partial charge in [-0.3, -0.25) is 14.9 Å². The molecule has 1 aromatic carbocycles. The van der Waals surface area contributed by atoms with Crippen molar-refractivity contribution in [2.75, 3.05) is 0 Å². The highest BCUT2D eigenvalue weighted by atomic mass is 16.2. The predicted octanol–water partition coefficient (Wildman–Crippen LogP) is 3.32. The number of carbonyl (C=O) groups is 2. The molecule has 3 nitrogen and oxygen atoms in total. The van der Waals surface area contributed by atoms with Crippen molar-refractivity contribution in [2.24, 2.45) is 11.3 Å². The molecule has 2 fully saturated rings. The van der Waals surface area contributed by atoms with Crippen molar-refractivity contribution >= 4 is 11.8 Å². The molecule has 21 heavy (non-hydrogen) atoms. The maximum atomic E-state index is 12.5. The van der Waals surface area contributed by atoms with Gasteiger partial charge in [0.15, 0.2) is 0 Å². The van der Waals surface area contributed by atoms with Gasteiger partial charge in [0.05, 0.1) is 5.92 Å². The first-order chi connectivity index (χ1) is 10.0. The molecule has 3 heteroatoms. The van der Waals surface area contributed by atoms with Gasteiger partial charge in [-0.15, -0.1) is 0 Å². The van der Waals surface area contributed by atoms with Gasteiger partial charge in [0.2, 0.25) is 11.8 Å². The lowest BCUT2D eigenvalue weighted by Gasteiger charge is -2.40. The number of amides is 2. The topological polar surface area (TPSA) is 46.2 Å². The third-order valence-electron chi connectivity index (χ3n) is 5.38. The molecule has 1 saturated carbocycles. The zero-order chi connectivity index (χ0) is 15.0. The fraction of sp³-hybridized carbons (Fsp3) is 0.556. The summed E-state index contributed by atoms with van der Waals surface area (Å²) in [7, 11) is 0. The third-order valence-corrected chi connectivity index (χ3v) is 5.38. The smallest absolute Gasteiger partial charge is 0.234 e. The molecular formula is C18H23NO2. The van der Waals surface area contributed by atoms with Crippen molar-refractivity contribution in [3.8, 4) is 0 Å². The second kappa shape index (κ2) is 5.28. The van der Waals surface area contributed by atoms with Crippen LogP contribution in [0.15, 0.2) is 24.3 Å². The average molecular weight is 285 g/mol. The Morgan fingerprint density at radius 1 is 1.24 bits per heavy atom. The van der Waals surface area contributed by atoms with Crippen LogP contribution < -0.4 is 5.32 Å². The standard InChI is InChI=1S/C18H23NO2/c1-3-13-8-9-18(10-13)11-15(20)19-17(21)16(18)14-6-4-12(2)5-7-14/h4-7,13,16H,3,8-11H2,1-2H3,(H,19,20,21). The maximum absolute atomic E-state index is 12.5. The van der Waals surface area contributed by atoms with Gasteiger partial charge in [0.1, 0.15) is 0 Å². The fourth-order valence-corrected chi connectivity index (χ4v) is 4.26. The van der Waals surface area contributed by atoms with Crippen molar-refractivity contribution in [3.05, 3.63) is 35.4 Å². The highest BCUT2D eigenvalue weighted by Gasteiger charge is 2.52. The molecule has 1 aliphatic carbocycles. The van der Waals surface area contributed by atoms with Crippen LogP contribution >= 0.6 is 0 Å². The van der Waals surface area contributed by atoms with Gasteiger partial charge in [0.25, 0.3) is 0 Å². The monoisotopic (exact) mass is 285 g/mol. The molecule has 2 aliphatic rings. The zero-order valence-electron chi connectivity index (χ0n) is 12.8. The number of benzene rings is 1. The van der Waals surface area contributed by atoms with Crippen LogP contribution in [-0.2, 0) is 9.59 Å². The number of rotatable bonds is 2. The van der Waals surface area contributed by atoms with E-state index in [2.05, 4.69) is 36.5 Å². The minimum absolute atomic E-state index is 0.0971. The number of piperidine rings is 1. The van der Waals surface area contributed by atoms with Crippen molar-refractivity contribution in [3.63, 3.8) is 0 Å². The summed E-state index contributed by atoms with van der Waals surface area (Å²) in [6, 6.07) is 8.21.